The predicted molar refractivity (Wildman–Crippen MR) is 81.0 cm³/mol. The molecule has 2 aliphatic rings. The first-order valence-corrected chi connectivity index (χ1v) is 8.42. The first-order valence-electron chi connectivity index (χ1n) is 8.42. The first-order chi connectivity index (χ1) is 10.2. The number of likely N-dealkylation sites (tertiary alicyclic amines) is 1. The highest BCUT2D eigenvalue weighted by molar-refractivity contribution is 5.76. The van der Waals surface area contributed by atoms with Crippen LogP contribution in [0.25, 0.3) is 0 Å². The molecule has 120 valence electrons. The van der Waals surface area contributed by atoms with Crippen molar-refractivity contribution in [1.29, 1.82) is 0 Å². The van der Waals surface area contributed by atoms with Crippen molar-refractivity contribution in [1.82, 2.24) is 10.2 Å². The van der Waals surface area contributed by atoms with E-state index in [1.54, 1.807) is 0 Å². The number of urea groups is 1. The Kier molecular flexibility index (Phi) is 6.33. The van der Waals surface area contributed by atoms with Gasteiger partial charge in [0.1, 0.15) is 0 Å². The molecular weight excluding hydrogens is 268 g/mol. The molecule has 1 heterocycles. The SMILES string of the molecule is CCOC(=O)C1CCN(C(=O)NC2CCCCCC2)CC1. The van der Waals surface area contributed by atoms with Crippen LogP contribution in [0.15, 0.2) is 0 Å². The summed E-state index contributed by atoms with van der Waals surface area (Å²) in [5.74, 6) is -0.145. The molecule has 0 radical (unpaired) electrons. The third kappa shape index (κ3) is 4.90. The molecule has 2 rings (SSSR count). The molecule has 1 aliphatic carbocycles. The quantitative estimate of drug-likeness (QED) is 0.643. The zero-order valence-electron chi connectivity index (χ0n) is 13.1. The van der Waals surface area contributed by atoms with Crippen molar-refractivity contribution < 1.29 is 14.3 Å². The van der Waals surface area contributed by atoms with E-state index >= 15 is 0 Å². The largest absolute Gasteiger partial charge is 0.466 e. The molecule has 1 N–H and O–H groups in total. The summed E-state index contributed by atoms with van der Waals surface area (Å²) in [5.41, 5.74) is 0. The van der Waals surface area contributed by atoms with Gasteiger partial charge in [-0.15, -0.1) is 0 Å². The van der Waals surface area contributed by atoms with Gasteiger partial charge >= 0.3 is 12.0 Å². The normalized spacial score (nSPS) is 21.7. The minimum absolute atomic E-state index is 0.0353. The van der Waals surface area contributed by atoms with Crippen molar-refractivity contribution in [2.45, 2.75) is 64.3 Å². The number of esters is 1. The Bertz CT molecular complexity index is 343. The lowest BCUT2D eigenvalue weighted by atomic mass is 9.97. The molecule has 1 saturated heterocycles. The van der Waals surface area contributed by atoms with E-state index in [1.807, 2.05) is 11.8 Å². The third-order valence-electron chi connectivity index (χ3n) is 4.58. The van der Waals surface area contributed by atoms with Gasteiger partial charge in [0.15, 0.2) is 0 Å². The molecule has 0 aromatic rings. The second-order valence-corrected chi connectivity index (χ2v) is 6.15. The summed E-state index contributed by atoms with van der Waals surface area (Å²) in [5, 5.41) is 3.17. The summed E-state index contributed by atoms with van der Waals surface area (Å²) >= 11 is 0. The Morgan fingerprint density at radius 1 is 1.05 bits per heavy atom. The number of rotatable bonds is 3. The van der Waals surface area contributed by atoms with Crippen molar-refractivity contribution in [2.75, 3.05) is 19.7 Å². The fourth-order valence-electron chi connectivity index (χ4n) is 3.27. The van der Waals surface area contributed by atoms with Gasteiger partial charge in [0, 0.05) is 19.1 Å². The van der Waals surface area contributed by atoms with E-state index < -0.39 is 0 Å². The molecule has 0 atom stereocenters. The number of ether oxygens (including phenoxy) is 1. The van der Waals surface area contributed by atoms with Crippen LogP contribution in [0.3, 0.4) is 0 Å². The third-order valence-corrected chi connectivity index (χ3v) is 4.58. The van der Waals surface area contributed by atoms with Crippen LogP contribution < -0.4 is 5.32 Å². The van der Waals surface area contributed by atoms with Crippen molar-refractivity contribution >= 4 is 12.0 Å². The molecule has 5 nitrogen and oxygen atoms in total. The lowest BCUT2D eigenvalue weighted by Gasteiger charge is -2.32. The van der Waals surface area contributed by atoms with Gasteiger partial charge in [-0.1, -0.05) is 25.7 Å². The average Bonchev–Trinajstić information content (AvgIpc) is 2.76. The Morgan fingerprint density at radius 2 is 1.67 bits per heavy atom. The van der Waals surface area contributed by atoms with Gasteiger partial charge in [-0.2, -0.15) is 0 Å². The van der Waals surface area contributed by atoms with Gasteiger partial charge in [0.05, 0.1) is 12.5 Å². The highest BCUT2D eigenvalue weighted by Gasteiger charge is 2.28. The Balaban J connectivity index is 1.73. The van der Waals surface area contributed by atoms with Crippen molar-refractivity contribution in [3.8, 4) is 0 Å². The van der Waals surface area contributed by atoms with Crippen LogP contribution >= 0.6 is 0 Å². The van der Waals surface area contributed by atoms with Gasteiger partial charge < -0.3 is 15.0 Å². The standard InChI is InChI=1S/C16H28N2O3/c1-2-21-15(19)13-9-11-18(12-10-13)16(20)17-14-7-5-3-4-6-8-14/h13-14H,2-12H2,1H3,(H,17,20). The molecule has 0 aromatic heterocycles. The van der Waals surface area contributed by atoms with E-state index in [0.717, 1.165) is 25.7 Å². The predicted octanol–water partition coefficient (Wildman–Crippen LogP) is 2.69. The van der Waals surface area contributed by atoms with E-state index in [2.05, 4.69) is 5.32 Å². The molecule has 2 amide bonds. The summed E-state index contributed by atoms with van der Waals surface area (Å²) in [7, 11) is 0. The van der Waals surface area contributed by atoms with Gasteiger partial charge in [-0.05, 0) is 32.6 Å². The topological polar surface area (TPSA) is 58.6 Å². The first kappa shape index (κ1) is 16.1. The Hall–Kier alpha value is -1.26. The zero-order chi connectivity index (χ0) is 15.1. The van der Waals surface area contributed by atoms with E-state index in [1.165, 1.54) is 25.7 Å². The van der Waals surface area contributed by atoms with Crippen LogP contribution in [0.1, 0.15) is 58.3 Å². The van der Waals surface area contributed by atoms with Gasteiger partial charge in [0.25, 0.3) is 0 Å². The maximum absolute atomic E-state index is 12.3. The van der Waals surface area contributed by atoms with Crippen LogP contribution in [0.4, 0.5) is 4.79 Å². The number of carbonyl (C=O) groups excluding carboxylic acids is 2. The van der Waals surface area contributed by atoms with Gasteiger partial charge in [-0.3, -0.25) is 4.79 Å². The molecule has 1 aliphatic heterocycles. The summed E-state index contributed by atoms with van der Waals surface area (Å²) in [4.78, 5) is 25.8. The highest BCUT2D eigenvalue weighted by atomic mass is 16.5. The molecule has 0 aromatic carbocycles. The number of nitrogens with zero attached hydrogens (tertiary/aromatic N) is 1. The summed E-state index contributed by atoms with van der Waals surface area (Å²) in [6.07, 6.45) is 8.66. The van der Waals surface area contributed by atoms with E-state index in [-0.39, 0.29) is 17.9 Å². The Labute approximate surface area is 127 Å². The van der Waals surface area contributed by atoms with Gasteiger partial charge in [0.2, 0.25) is 0 Å². The lowest BCUT2D eigenvalue weighted by Crippen LogP contribution is -2.48. The van der Waals surface area contributed by atoms with E-state index in [4.69, 9.17) is 4.74 Å². The fourth-order valence-corrected chi connectivity index (χ4v) is 3.27. The summed E-state index contributed by atoms with van der Waals surface area (Å²) in [6.45, 7) is 3.57. The summed E-state index contributed by atoms with van der Waals surface area (Å²) in [6, 6.07) is 0.381. The second-order valence-electron chi connectivity index (χ2n) is 6.15. The number of hydrogen-bond acceptors (Lipinski definition) is 3. The van der Waals surface area contributed by atoms with Crippen LogP contribution in [0.5, 0.6) is 0 Å². The van der Waals surface area contributed by atoms with Gasteiger partial charge in [-0.25, -0.2) is 4.79 Å². The number of nitrogens with one attached hydrogen (secondary N) is 1. The van der Waals surface area contributed by atoms with Crippen LogP contribution in [0.2, 0.25) is 0 Å². The highest BCUT2D eigenvalue weighted by Crippen LogP contribution is 2.20. The number of amides is 2. The zero-order valence-corrected chi connectivity index (χ0v) is 13.1. The monoisotopic (exact) mass is 296 g/mol. The van der Waals surface area contributed by atoms with E-state index in [9.17, 15) is 9.59 Å². The maximum Gasteiger partial charge on any atom is 0.317 e. The van der Waals surface area contributed by atoms with Crippen LogP contribution in [-0.2, 0) is 9.53 Å². The molecule has 0 bridgehead atoms. The smallest absolute Gasteiger partial charge is 0.317 e. The number of carbonyl (C=O) groups is 2. The van der Waals surface area contributed by atoms with E-state index in [0.29, 0.717) is 25.7 Å². The van der Waals surface area contributed by atoms with Crippen LogP contribution in [-0.4, -0.2) is 42.6 Å². The molecule has 5 heteroatoms. The number of hydrogen-bond donors (Lipinski definition) is 1. The van der Waals surface area contributed by atoms with Crippen LogP contribution in [0, 0.1) is 5.92 Å². The average molecular weight is 296 g/mol. The molecule has 0 unspecified atom stereocenters. The van der Waals surface area contributed by atoms with Crippen molar-refractivity contribution in [3.05, 3.63) is 0 Å². The molecule has 1 saturated carbocycles. The molecular formula is C16H28N2O3. The van der Waals surface area contributed by atoms with Crippen molar-refractivity contribution in [2.24, 2.45) is 5.92 Å². The minimum atomic E-state index is -0.110. The number of piperidine rings is 1. The minimum Gasteiger partial charge on any atom is -0.466 e. The molecule has 2 fully saturated rings. The summed E-state index contributed by atoms with van der Waals surface area (Å²) < 4.78 is 5.05. The molecule has 21 heavy (non-hydrogen) atoms. The lowest BCUT2D eigenvalue weighted by molar-refractivity contribution is -0.149. The van der Waals surface area contributed by atoms with Crippen molar-refractivity contribution in [3.63, 3.8) is 0 Å². The Morgan fingerprint density at radius 3 is 2.24 bits per heavy atom. The second kappa shape index (κ2) is 8.25. The fraction of sp³-hybridized carbons (Fsp3) is 0.875. The molecule has 0 spiro atoms. The maximum atomic E-state index is 12.3.